The summed E-state index contributed by atoms with van der Waals surface area (Å²) >= 11 is 6.16. The van der Waals surface area contributed by atoms with E-state index in [4.69, 9.17) is 16.3 Å². The summed E-state index contributed by atoms with van der Waals surface area (Å²) in [6.45, 7) is 0.981. The molecule has 0 saturated carbocycles. The zero-order valence-electron chi connectivity index (χ0n) is 29.9. The van der Waals surface area contributed by atoms with E-state index >= 15 is 0 Å². The van der Waals surface area contributed by atoms with Gasteiger partial charge in [0.2, 0.25) is 17.7 Å². The van der Waals surface area contributed by atoms with Gasteiger partial charge >= 0.3 is 6.36 Å². The third-order valence-corrected chi connectivity index (χ3v) is 10.6. The van der Waals surface area contributed by atoms with Crippen LogP contribution < -0.4 is 20.1 Å². The minimum absolute atomic E-state index is 0.0756. The van der Waals surface area contributed by atoms with Crippen molar-refractivity contribution in [3.63, 3.8) is 0 Å². The van der Waals surface area contributed by atoms with E-state index in [1.54, 1.807) is 28.1 Å². The summed E-state index contributed by atoms with van der Waals surface area (Å²) in [4.78, 5) is 47.7. The topological polar surface area (TPSA) is 136 Å². The molecular weight excluding hydrogens is 727 g/mol. The van der Waals surface area contributed by atoms with Crippen molar-refractivity contribution in [2.45, 2.75) is 44.3 Å². The lowest BCUT2D eigenvalue weighted by molar-refractivity contribution is -0.275. The lowest BCUT2D eigenvalue weighted by atomic mass is 9.79. The van der Waals surface area contributed by atoms with Gasteiger partial charge in [0.05, 0.1) is 19.4 Å². The molecule has 3 heterocycles. The van der Waals surface area contributed by atoms with Gasteiger partial charge in [-0.15, -0.1) is 13.2 Å². The summed E-state index contributed by atoms with van der Waals surface area (Å²) in [7, 11) is 2.72. The fourth-order valence-corrected chi connectivity index (χ4v) is 7.88. The standard InChI is InChI=1S/C39H43ClF3N5O6/c1-44-37(51)31(10-6-9-23-7-4-3-5-8-23)46-36(50)30-22-47(35(49)16-25-18-45-32-17-27(40)12-13-28(25)32)19-26-20-48(21-29(26)30)38(52)24-11-14-33(34(15-24)53-2)54-39(41,42)43/h3-5,7-8,11-15,17-18,26,29-31,38,45,52H,6,9-10,16,19-22H2,1-2H3,(H,44,51)(H,46,50)/t26?,29?,30?,31-,38?/m0/s1. The molecule has 4 N–H and O–H groups in total. The number of aromatic amines is 1. The highest BCUT2D eigenvalue weighted by atomic mass is 35.5. The molecule has 2 aliphatic heterocycles. The van der Waals surface area contributed by atoms with Crippen molar-refractivity contribution in [1.82, 2.24) is 25.4 Å². The minimum atomic E-state index is -4.93. The van der Waals surface area contributed by atoms with Gasteiger partial charge in [-0.3, -0.25) is 19.3 Å². The monoisotopic (exact) mass is 769 g/mol. The molecule has 15 heteroatoms. The minimum Gasteiger partial charge on any atom is -0.493 e. The van der Waals surface area contributed by atoms with Gasteiger partial charge in [-0.05, 0) is 72.1 Å². The Kier molecular flexibility index (Phi) is 12.0. The number of carbonyl (C=O) groups excluding carboxylic acids is 3. The van der Waals surface area contributed by atoms with Crippen molar-refractivity contribution >= 4 is 40.2 Å². The zero-order chi connectivity index (χ0) is 38.6. The lowest BCUT2D eigenvalue weighted by Gasteiger charge is -2.40. The van der Waals surface area contributed by atoms with Gasteiger partial charge in [0.25, 0.3) is 0 Å². The Morgan fingerprint density at radius 2 is 1.80 bits per heavy atom. The molecule has 0 radical (unpaired) electrons. The number of ether oxygens (including phenoxy) is 2. The van der Waals surface area contributed by atoms with Gasteiger partial charge in [-0.1, -0.05) is 54.1 Å². The number of likely N-dealkylation sites (tertiary alicyclic amines) is 2. The fraction of sp³-hybridized carbons (Fsp3) is 0.410. The number of amides is 3. The van der Waals surface area contributed by atoms with E-state index in [0.717, 1.165) is 34.5 Å². The number of piperidine rings is 1. The van der Waals surface area contributed by atoms with Gasteiger partial charge in [0.15, 0.2) is 11.5 Å². The Morgan fingerprint density at radius 3 is 2.52 bits per heavy atom. The predicted octanol–water partition coefficient (Wildman–Crippen LogP) is 5.22. The number of hydrogen-bond acceptors (Lipinski definition) is 7. The molecule has 3 aromatic carbocycles. The molecule has 11 nitrogen and oxygen atoms in total. The maximum Gasteiger partial charge on any atom is 0.573 e. The van der Waals surface area contributed by atoms with Crippen LogP contribution in [0.4, 0.5) is 13.2 Å². The average Bonchev–Trinajstić information content (AvgIpc) is 3.77. The number of benzene rings is 3. The van der Waals surface area contributed by atoms with Crippen LogP contribution in [0.25, 0.3) is 10.9 Å². The van der Waals surface area contributed by atoms with Crippen molar-refractivity contribution < 1.29 is 42.1 Å². The third kappa shape index (κ3) is 9.11. The van der Waals surface area contributed by atoms with Crippen LogP contribution in [0.5, 0.6) is 11.5 Å². The van der Waals surface area contributed by atoms with E-state index < -0.39 is 30.3 Å². The number of rotatable bonds is 13. The van der Waals surface area contributed by atoms with Gasteiger partial charge < -0.3 is 35.1 Å². The Hall–Kier alpha value is -4.79. The molecule has 1 aromatic heterocycles. The van der Waals surface area contributed by atoms with Crippen molar-refractivity contribution in [3.8, 4) is 11.5 Å². The number of aliphatic hydroxyl groups excluding tert-OH is 1. The van der Waals surface area contributed by atoms with E-state index in [-0.39, 0.29) is 60.4 Å². The van der Waals surface area contributed by atoms with Gasteiger partial charge in [-0.2, -0.15) is 0 Å². The molecule has 0 bridgehead atoms. The molecule has 2 fully saturated rings. The first-order valence-corrected chi connectivity index (χ1v) is 18.2. The Labute approximate surface area is 315 Å². The summed E-state index contributed by atoms with van der Waals surface area (Å²) in [5.41, 5.74) is 2.96. The quantitative estimate of drug-likeness (QED) is 0.147. The van der Waals surface area contributed by atoms with Gasteiger partial charge in [0.1, 0.15) is 12.3 Å². The summed E-state index contributed by atoms with van der Waals surface area (Å²) in [5, 5.41) is 18.6. The molecule has 54 heavy (non-hydrogen) atoms. The lowest BCUT2D eigenvalue weighted by Crippen LogP contribution is -2.56. The maximum atomic E-state index is 14.2. The fourth-order valence-electron chi connectivity index (χ4n) is 7.71. The number of alkyl halides is 3. The third-order valence-electron chi connectivity index (χ3n) is 10.4. The predicted molar refractivity (Wildman–Crippen MR) is 196 cm³/mol. The number of methoxy groups -OCH3 is 1. The van der Waals surface area contributed by atoms with Crippen molar-refractivity contribution in [3.05, 3.63) is 94.6 Å². The van der Waals surface area contributed by atoms with Crippen LogP contribution in [-0.4, -0.2) is 90.4 Å². The number of fused-ring (bicyclic) bond motifs is 2. The number of nitrogens with one attached hydrogen (secondary N) is 3. The first-order valence-electron chi connectivity index (χ1n) is 17.8. The highest BCUT2D eigenvalue weighted by Gasteiger charge is 2.48. The Bertz CT molecular complexity index is 1960. The summed E-state index contributed by atoms with van der Waals surface area (Å²) < 4.78 is 48.1. The molecule has 5 atom stereocenters. The SMILES string of the molecule is CNC(=O)[C@H](CCCc1ccccc1)NC(=O)C1CN(C(=O)Cc2c[nH]c3cc(Cl)ccc23)CC2CN(C(O)c3ccc(OC(F)(F)F)c(OC)c3)CC21. The van der Waals surface area contributed by atoms with Crippen LogP contribution in [0.1, 0.15) is 35.8 Å². The molecule has 288 valence electrons. The van der Waals surface area contributed by atoms with Crippen LogP contribution in [-0.2, 0) is 27.2 Å². The zero-order valence-corrected chi connectivity index (χ0v) is 30.6. The smallest absolute Gasteiger partial charge is 0.493 e. The van der Waals surface area contributed by atoms with Crippen molar-refractivity contribution in [2.24, 2.45) is 17.8 Å². The van der Waals surface area contributed by atoms with Crippen molar-refractivity contribution in [1.29, 1.82) is 0 Å². The molecule has 0 spiro atoms. The molecule has 2 aliphatic rings. The number of likely N-dealkylation sites (N-methyl/N-ethyl adjacent to an activating group) is 1. The Morgan fingerprint density at radius 1 is 1.02 bits per heavy atom. The molecule has 6 rings (SSSR count). The van der Waals surface area contributed by atoms with E-state index in [2.05, 4.69) is 20.4 Å². The molecule has 0 aliphatic carbocycles. The highest BCUT2D eigenvalue weighted by Crippen LogP contribution is 2.41. The molecule has 4 aromatic rings. The first kappa shape index (κ1) is 38.9. The van der Waals surface area contributed by atoms with E-state index in [0.29, 0.717) is 31.0 Å². The normalized spacial score (nSPS) is 19.9. The second-order valence-electron chi connectivity index (χ2n) is 13.8. The number of nitrogens with zero attached hydrogens (tertiary/aromatic N) is 2. The Balaban J connectivity index is 1.22. The van der Waals surface area contributed by atoms with Crippen LogP contribution >= 0.6 is 11.6 Å². The number of aliphatic hydroxyl groups is 1. The van der Waals surface area contributed by atoms with E-state index in [1.165, 1.54) is 26.3 Å². The summed E-state index contributed by atoms with van der Waals surface area (Å²) in [5.74, 6) is -2.89. The molecule has 4 unspecified atom stereocenters. The van der Waals surface area contributed by atoms with Crippen LogP contribution in [0, 0.1) is 17.8 Å². The number of hydrogen-bond donors (Lipinski definition) is 4. The van der Waals surface area contributed by atoms with Crippen molar-refractivity contribution in [2.75, 3.05) is 40.3 Å². The van der Waals surface area contributed by atoms with Gasteiger partial charge in [0, 0.05) is 55.3 Å². The van der Waals surface area contributed by atoms with E-state index in [9.17, 15) is 32.7 Å². The summed E-state index contributed by atoms with van der Waals surface area (Å²) in [6, 6.07) is 18.1. The van der Waals surface area contributed by atoms with Crippen LogP contribution in [0.3, 0.4) is 0 Å². The molecule has 2 saturated heterocycles. The van der Waals surface area contributed by atoms with E-state index in [1.807, 2.05) is 36.4 Å². The maximum absolute atomic E-state index is 14.2. The number of aryl methyl sites for hydroxylation is 1. The summed E-state index contributed by atoms with van der Waals surface area (Å²) in [6.07, 6.45) is -2.57. The second-order valence-corrected chi connectivity index (χ2v) is 14.3. The van der Waals surface area contributed by atoms with Crippen LogP contribution in [0.2, 0.25) is 5.02 Å². The van der Waals surface area contributed by atoms with Crippen LogP contribution in [0.15, 0.2) is 72.9 Å². The molecular formula is C39H43ClF3N5O6. The number of aromatic nitrogens is 1. The number of H-pyrrole nitrogens is 1. The first-order chi connectivity index (χ1) is 25.8. The number of halogens is 4. The highest BCUT2D eigenvalue weighted by molar-refractivity contribution is 6.31. The average molecular weight is 770 g/mol. The largest absolute Gasteiger partial charge is 0.573 e. The molecule has 3 amide bonds. The van der Waals surface area contributed by atoms with Gasteiger partial charge in [-0.25, -0.2) is 0 Å². The second kappa shape index (κ2) is 16.7. The number of carbonyl (C=O) groups is 3.